The molecule has 1 aromatic carbocycles. The van der Waals surface area contributed by atoms with Crippen molar-refractivity contribution in [3.63, 3.8) is 0 Å². The molecular weight excluding hydrogens is 336 g/mol. The van der Waals surface area contributed by atoms with E-state index < -0.39 is 0 Å². The van der Waals surface area contributed by atoms with E-state index in [9.17, 15) is 9.90 Å². The van der Waals surface area contributed by atoms with Gasteiger partial charge in [-0.3, -0.25) is 4.79 Å². The minimum atomic E-state index is -0.186. The van der Waals surface area contributed by atoms with E-state index in [1.54, 1.807) is 12.1 Å². The molecule has 4 N–H and O–H groups in total. The number of phenols is 1. The Bertz CT molecular complexity index is 577. The molecule has 1 amide bonds. The molecule has 2 atom stereocenters. The molecule has 0 heterocycles. The van der Waals surface area contributed by atoms with Crippen LogP contribution in [-0.2, 0) is 4.79 Å². The number of guanidine groups is 1. The number of hydrogen-bond acceptors (Lipinski definition) is 4. The van der Waals surface area contributed by atoms with Crippen LogP contribution >= 0.6 is 11.8 Å². The van der Waals surface area contributed by atoms with Gasteiger partial charge in [0.05, 0.1) is 0 Å². The average Bonchev–Trinajstić information content (AvgIpc) is 3.02. The summed E-state index contributed by atoms with van der Waals surface area (Å²) in [6.07, 6.45) is 3.52. The Morgan fingerprint density at radius 1 is 1.28 bits per heavy atom. The van der Waals surface area contributed by atoms with Crippen LogP contribution in [0.4, 0.5) is 5.69 Å². The van der Waals surface area contributed by atoms with Crippen molar-refractivity contribution in [2.45, 2.75) is 44.4 Å². The van der Waals surface area contributed by atoms with Crippen LogP contribution in [0.15, 0.2) is 29.3 Å². The van der Waals surface area contributed by atoms with Gasteiger partial charge in [0, 0.05) is 23.5 Å². The Morgan fingerprint density at radius 2 is 2.04 bits per heavy atom. The lowest BCUT2D eigenvalue weighted by atomic mass is 10.2. The van der Waals surface area contributed by atoms with Gasteiger partial charge in [-0.05, 0) is 56.2 Å². The van der Waals surface area contributed by atoms with E-state index in [0.717, 1.165) is 30.4 Å². The van der Waals surface area contributed by atoms with E-state index >= 15 is 0 Å². The quantitative estimate of drug-likeness (QED) is 0.339. The van der Waals surface area contributed by atoms with Crippen LogP contribution in [0, 0.1) is 0 Å². The number of thioether (sulfide) groups is 1. The zero-order valence-electron chi connectivity index (χ0n) is 14.9. The lowest BCUT2D eigenvalue weighted by Crippen LogP contribution is -2.43. The summed E-state index contributed by atoms with van der Waals surface area (Å²) in [4.78, 5) is 16.4. The molecule has 6 nitrogen and oxygen atoms in total. The number of aliphatic imine (C=N–C) groups is 1. The first-order chi connectivity index (χ1) is 12.1. The summed E-state index contributed by atoms with van der Waals surface area (Å²) < 4.78 is 0. The van der Waals surface area contributed by atoms with Gasteiger partial charge in [-0.25, -0.2) is 4.99 Å². The van der Waals surface area contributed by atoms with Crippen LogP contribution in [0.5, 0.6) is 5.75 Å². The molecular formula is C18H28N4O2S. The number of phenolic OH excluding ortho intramolecular Hbond substituents is 1. The Balaban J connectivity index is 1.84. The minimum Gasteiger partial charge on any atom is -0.508 e. The number of hydrogen-bond donors (Lipinski definition) is 4. The summed E-state index contributed by atoms with van der Waals surface area (Å²) in [6, 6.07) is 6.81. The van der Waals surface area contributed by atoms with Crippen molar-refractivity contribution in [2.24, 2.45) is 4.99 Å². The molecule has 0 radical (unpaired) electrons. The molecule has 0 saturated heterocycles. The molecule has 1 aliphatic carbocycles. The van der Waals surface area contributed by atoms with E-state index in [4.69, 9.17) is 0 Å². The molecule has 7 heteroatoms. The van der Waals surface area contributed by atoms with E-state index in [0.29, 0.717) is 17.7 Å². The zero-order chi connectivity index (χ0) is 18.1. The van der Waals surface area contributed by atoms with Crippen LogP contribution in [-0.4, -0.2) is 47.1 Å². The van der Waals surface area contributed by atoms with Crippen molar-refractivity contribution in [3.05, 3.63) is 24.3 Å². The topological polar surface area (TPSA) is 85.8 Å². The Hall–Kier alpha value is -1.89. The lowest BCUT2D eigenvalue weighted by Gasteiger charge is -2.17. The van der Waals surface area contributed by atoms with Gasteiger partial charge >= 0.3 is 0 Å². The van der Waals surface area contributed by atoms with Crippen molar-refractivity contribution < 1.29 is 9.90 Å². The number of carbonyl (C=O) groups is 1. The summed E-state index contributed by atoms with van der Waals surface area (Å²) in [5.74, 6) is 1.83. The highest BCUT2D eigenvalue weighted by Gasteiger charge is 2.25. The molecule has 1 fully saturated rings. The molecule has 138 valence electrons. The molecule has 1 aliphatic rings. The zero-order valence-corrected chi connectivity index (χ0v) is 15.7. The number of anilines is 1. The van der Waals surface area contributed by atoms with Crippen LogP contribution in [0.3, 0.4) is 0 Å². The number of nitrogens with one attached hydrogen (secondary N) is 3. The summed E-state index contributed by atoms with van der Waals surface area (Å²) in [7, 11) is 0. The van der Waals surface area contributed by atoms with Gasteiger partial charge in [0.1, 0.15) is 12.3 Å². The maximum absolute atomic E-state index is 12.0. The number of benzene rings is 1. The predicted molar refractivity (Wildman–Crippen MR) is 105 cm³/mol. The van der Waals surface area contributed by atoms with Crippen LogP contribution in [0.2, 0.25) is 0 Å². The van der Waals surface area contributed by atoms with E-state index in [2.05, 4.69) is 27.9 Å². The van der Waals surface area contributed by atoms with Gasteiger partial charge in [-0.1, -0.05) is 6.92 Å². The van der Waals surface area contributed by atoms with Crippen LogP contribution in [0.1, 0.15) is 33.1 Å². The first-order valence-corrected chi connectivity index (χ1v) is 9.91. The Kier molecular flexibility index (Phi) is 7.91. The third-order valence-electron chi connectivity index (χ3n) is 4.00. The summed E-state index contributed by atoms with van der Waals surface area (Å²) in [5, 5.41) is 19.4. The third-order valence-corrected chi connectivity index (χ3v) is 5.24. The molecule has 2 rings (SSSR count). The highest BCUT2D eigenvalue weighted by molar-refractivity contribution is 7.99. The van der Waals surface area contributed by atoms with E-state index in [1.807, 2.05) is 18.7 Å². The van der Waals surface area contributed by atoms with Gasteiger partial charge in [-0.15, -0.1) is 0 Å². The van der Waals surface area contributed by atoms with Gasteiger partial charge in [0.2, 0.25) is 5.91 Å². The maximum Gasteiger partial charge on any atom is 0.246 e. The molecule has 0 bridgehead atoms. The molecule has 0 spiro atoms. The highest BCUT2D eigenvalue weighted by Crippen LogP contribution is 2.29. The standard InChI is InChI=1S/C18H28N4O2S/c1-3-19-18(22-14-7-10-16(11-14)25-4-2)20-12-17(24)21-13-5-8-15(23)9-6-13/h5-6,8-9,14,16,23H,3-4,7,10-12H2,1-2H3,(H,21,24)(H2,19,20,22). The normalized spacial score (nSPS) is 20.3. The van der Waals surface area contributed by atoms with Crippen molar-refractivity contribution in [2.75, 3.05) is 24.2 Å². The predicted octanol–water partition coefficient (Wildman–Crippen LogP) is 2.56. The van der Waals surface area contributed by atoms with E-state index in [-0.39, 0.29) is 18.2 Å². The molecule has 1 aromatic rings. The first kappa shape index (κ1) is 19.4. The largest absolute Gasteiger partial charge is 0.508 e. The summed E-state index contributed by atoms with van der Waals surface area (Å²) >= 11 is 2.02. The second-order valence-electron chi connectivity index (χ2n) is 6.02. The van der Waals surface area contributed by atoms with Crippen LogP contribution < -0.4 is 16.0 Å². The van der Waals surface area contributed by atoms with Crippen molar-refractivity contribution in [1.29, 1.82) is 0 Å². The smallest absolute Gasteiger partial charge is 0.246 e. The minimum absolute atomic E-state index is 0.0517. The fourth-order valence-electron chi connectivity index (χ4n) is 2.87. The third kappa shape index (κ3) is 6.86. The maximum atomic E-state index is 12.0. The lowest BCUT2D eigenvalue weighted by molar-refractivity contribution is -0.114. The molecule has 1 saturated carbocycles. The van der Waals surface area contributed by atoms with Crippen molar-refractivity contribution in [3.8, 4) is 5.75 Å². The summed E-state index contributed by atoms with van der Waals surface area (Å²) in [5.41, 5.74) is 0.645. The van der Waals surface area contributed by atoms with Crippen molar-refractivity contribution in [1.82, 2.24) is 10.6 Å². The number of nitrogens with zero attached hydrogens (tertiary/aromatic N) is 1. The number of aromatic hydroxyl groups is 1. The average molecular weight is 365 g/mol. The molecule has 0 aliphatic heterocycles. The number of carbonyl (C=O) groups excluding carboxylic acids is 1. The number of rotatable bonds is 7. The van der Waals surface area contributed by atoms with Gasteiger partial charge in [0.15, 0.2) is 5.96 Å². The molecule has 0 aromatic heterocycles. The SMILES string of the molecule is CCNC(=NCC(=O)Nc1ccc(O)cc1)NC1CCC(SCC)C1. The fourth-order valence-corrected chi connectivity index (χ4v) is 4.01. The molecule has 25 heavy (non-hydrogen) atoms. The monoisotopic (exact) mass is 364 g/mol. The fraction of sp³-hybridized carbons (Fsp3) is 0.556. The molecule has 2 unspecified atom stereocenters. The highest BCUT2D eigenvalue weighted by atomic mass is 32.2. The van der Waals surface area contributed by atoms with E-state index in [1.165, 1.54) is 18.6 Å². The second-order valence-corrected chi connectivity index (χ2v) is 7.60. The Morgan fingerprint density at radius 3 is 2.72 bits per heavy atom. The summed E-state index contributed by atoms with van der Waals surface area (Å²) in [6.45, 7) is 5.02. The van der Waals surface area contributed by atoms with Crippen molar-refractivity contribution >= 4 is 29.3 Å². The first-order valence-electron chi connectivity index (χ1n) is 8.86. The van der Waals surface area contributed by atoms with Gasteiger partial charge in [-0.2, -0.15) is 11.8 Å². The Labute approximate surface area is 153 Å². The van der Waals surface area contributed by atoms with Gasteiger partial charge < -0.3 is 21.1 Å². The van der Waals surface area contributed by atoms with Gasteiger partial charge in [0.25, 0.3) is 0 Å². The van der Waals surface area contributed by atoms with Crippen LogP contribution in [0.25, 0.3) is 0 Å². The number of amides is 1. The second kappa shape index (κ2) is 10.2.